The summed E-state index contributed by atoms with van der Waals surface area (Å²) in [4.78, 5) is 28.8. The summed E-state index contributed by atoms with van der Waals surface area (Å²) in [6.45, 7) is 2.58. The van der Waals surface area contributed by atoms with Crippen molar-refractivity contribution in [2.45, 2.75) is 35.9 Å². The van der Waals surface area contributed by atoms with E-state index in [1.54, 1.807) is 53.9 Å². The number of nitrogens with zero attached hydrogens (tertiary/aromatic N) is 3. The largest absolute Gasteiger partial charge is 0.503 e. The van der Waals surface area contributed by atoms with Crippen molar-refractivity contribution in [3.8, 4) is 11.5 Å². The third-order valence-corrected chi connectivity index (χ3v) is 9.34. The molecule has 0 bridgehead atoms. The number of thioether (sulfide) groups is 1. The molecule has 1 aliphatic rings. The van der Waals surface area contributed by atoms with Crippen LogP contribution in [0.25, 0.3) is 0 Å². The number of carbonyl (C=O) groups is 2. The van der Waals surface area contributed by atoms with Gasteiger partial charge in [-0.25, -0.2) is 4.39 Å². The third-order valence-electron chi connectivity index (χ3n) is 6.37. The molecule has 4 aromatic rings. The van der Waals surface area contributed by atoms with Gasteiger partial charge in [-0.1, -0.05) is 66.8 Å². The Morgan fingerprint density at radius 1 is 1.15 bits per heavy atom. The van der Waals surface area contributed by atoms with Crippen LogP contribution in [0, 0.1) is 5.82 Å². The third kappa shape index (κ3) is 5.99. The average molecular weight is 612 g/mol. The summed E-state index contributed by atoms with van der Waals surface area (Å²) in [5.41, 5.74) is 0.980. The summed E-state index contributed by atoms with van der Waals surface area (Å²) in [7, 11) is 1.51. The number of ketones is 1. The summed E-state index contributed by atoms with van der Waals surface area (Å²) >= 11 is 3.61. The van der Waals surface area contributed by atoms with Crippen molar-refractivity contribution in [3.63, 3.8) is 0 Å². The number of aliphatic hydroxyl groups excluding tert-OH is 1. The van der Waals surface area contributed by atoms with E-state index in [0.29, 0.717) is 44.2 Å². The molecule has 0 aliphatic carbocycles. The zero-order chi connectivity index (χ0) is 28.9. The smallest absolute Gasteiger partial charge is 0.296 e. The second-order valence-corrected chi connectivity index (χ2v) is 12.1. The van der Waals surface area contributed by atoms with E-state index in [0.717, 1.165) is 24.2 Å². The number of methoxy groups -OCH3 is 1. The normalized spacial score (nSPS) is 15.0. The second-order valence-electron chi connectivity index (χ2n) is 8.99. The predicted molar refractivity (Wildman–Crippen MR) is 158 cm³/mol. The van der Waals surface area contributed by atoms with Gasteiger partial charge >= 0.3 is 0 Å². The van der Waals surface area contributed by atoms with E-state index >= 15 is 0 Å². The number of hydrogen-bond acceptors (Lipinski definition) is 10. The quantitative estimate of drug-likeness (QED) is 0.0791. The van der Waals surface area contributed by atoms with Crippen LogP contribution in [0.2, 0.25) is 0 Å². The first-order chi connectivity index (χ1) is 19.9. The Bertz CT molecular complexity index is 1590. The number of aliphatic hydroxyl groups is 1. The molecule has 5 rings (SSSR count). The highest BCUT2D eigenvalue weighted by atomic mass is 32.2. The summed E-state index contributed by atoms with van der Waals surface area (Å²) < 4.78 is 26.1. The highest BCUT2D eigenvalue weighted by Crippen LogP contribution is 2.45. The lowest BCUT2D eigenvalue weighted by Crippen LogP contribution is -2.31. The van der Waals surface area contributed by atoms with Crippen LogP contribution in [0.15, 0.2) is 75.6 Å². The van der Waals surface area contributed by atoms with Gasteiger partial charge in [0.1, 0.15) is 5.82 Å². The van der Waals surface area contributed by atoms with Crippen molar-refractivity contribution in [3.05, 3.63) is 93.1 Å². The Kier molecular flexibility index (Phi) is 9.01. The molecule has 12 heteroatoms. The Hall–Kier alpha value is -3.74. The number of amides is 1. The monoisotopic (exact) mass is 611 g/mol. The number of carbonyl (C=O) groups excluding carboxylic acids is 2. The summed E-state index contributed by atoms with van der Waals surface area (Å²) in [5, 5.41) is 21.4. The minimum Gasteiger partial charge on any atom is -0.503 e. The molecule has 1 unspecified atom stereocenters. The van der Waals surface area contributed by atoms with Gasteiger partial charge in [0.2, 0.25) is 10.9 Å². The Balaban J connectivity index is 1.51. The van der Waals surface area contributed by atoms with Gasteiger partial charge in [0.25, 0.3) is 5.91 Å². The lowest BCUT2D eigenvalue weighted by molar-refractivity contribution is -0.117. The van der Waals surface area contributed by atoms with E-state index < -0.39 is 23.5 Å². The molecule has 8 nitrogen and oxygen atoms in total. The van der Waals surface area contributed by atoms with Gasteiger partial charge in [0, 0.05) is 5.75 Å². The van der Waals surface area contributed by atoms with Crippen LogP contribution in [-0.4, -0.2) is 40.7 Å². The maximum atomic E-state index is 14.1. The molecular formula is C29H26FN3O5S3. The van der Waals surface area contributed by atoms with E-state index in [2.05, 4.69) is 17.1 Å². The molecule has 212 valence electrons. The number of Topliss-reactive ketones (excluding diaryl/α,β-unsaturated/α-hetero) is 1. The van der Waals surface area contributed by atoms with Gasteiger partial charge in [-0.2, -0.15) is 0 Å². The number of rotatable bonds is 12. The maximum Gasteiger partial charge on any atom is 0.296 e. The van der Waals surface area contributed by atoms with E-state index in [-0.39, 0.29) is 16.5 Å². The number of benzene rings is 2. The lowest BCUT2D eigenvalue weighted by atomic mass is 9.95. The van der Waals surface area contributed by atoms with Crippen molar-refractivity contribution in [1.29, 1.82) is 0 Å². The van der Waals surface area contributed by atoms with Gasteiger partial charge in [0.05, 0.1) is 30.2 Å². The van der Waals surface area contributed by atoms with Crippen molar-refractivity contribution < 1.29 is 28.6 Å². The SMILES string of the molecule is CCCCOc1ccc(C2C(C(=O)c3cccs3)=C(O)C(=O)N2c2nnc(SCc3ccccc3F)s2)cc1OC. The van der Waals surface area contributed by atoms with Crippen molar-refractivity contribution in [2.75, 3.05) is 18.6 Å². The number of ether oxygens (including phenoxy) is 2. The van der Waals surface area contributed by atoms with E-state index in [1.165, 1.54) is 41.2 Å². The molecule has 2 aromatic heterocycles. The second kappa shape index (κ2) is 12.8. The molecule has 1 N–H and O–H groups in total. The number of thiophene rings is 1. The van der Waals surface area contributed by atoms with Crippen LogP contribution in [0.5, 0.6) is 11.5 Å². The van der Waals surface area contributed by atoms with Crippen LogP contribution < -0.4 is 14.4 Å². The van der Waals surface area contributed by atoms with Crippen LogP contribution in [0.3, 0.4) is 0 Å². The first-order valence-electron chi connectivity index (χ1n) is 12.8. The van der Waals surface area contributed by atoms with Crippen LogP contribution in [0.4, 0.5) is 9.52 Å². The molecule has 1 atom stereocenters. The number of aromatic nitrogens is 2. The number of halogens is 1. The first kappa shape index (κ1) is 28.8. The van der Waals surface area contributed by atoms with Crippen LogP contribution >= 0.6 is 34.4 Å². The van der Waals surface area contributed by atoms with Crippen LogP contribution in [0.1, 0.15) is 46.6 Å². The molecule has 0 spiro atoms. The van der Waals surface area contributed by atoms with Gasteiger partial charge in [-0.05, 0) is 47.2 Å². The fourth-order valence-corrected chi connectivity index (χ4v) is 6.84. The fourth-order valence-electron chi connectivity index (χ4n) is 4.30. The lowest BCUT2D eigenvalue weighted by Gasteiger charge is -2.24. The highest BCUT2D eigenvalue weighted by molar-refractivity contribution is 8.00. The Morgan fingerprint density at radius 3 is 2.71 bits per heavy atom. The zero-order valence-electron chi connectivity index (χ0n) is 22.2. The van der Waals surface area contributed by atoms with Gasteiger partial charge in [-0.3, -0.25) is 14.5 Å². The zero-order valence-corrected chi connectivity index (χ0v) is 24.7. The molecule has 0 radical (unpaired) electrons. The summed E-state index contributed by atoms with van der Waals surface area (Å²) in [5.74, 6) is -0.909. The van der Waals surface area contributed by atoms with E-state index in [4.69, 9.17) is 9.47 Å². The maximum absolute atomic E-state index is 14.1. The molecular weight excluding hydrogens is 586 g/mol. The molecule has 1 aliphatic heterocycles. The highest BCUT2D eigenvalue weighted by Gasteiger charge is 2.46. The predicted octanol–water partition coefficient (Wildman–Crippen LogP) is 7.00. The topological polar surface area (TPSA) is 102 Å². The fraction of sp³-hybridized carbons (Fsp3) is 0.241. The molecule has 2 aromatic carbocycles. The molecule has 1 amide bonds. The van der Waals surface area contributed by atoms with Crippen LogP contribution in [-0.2, 0) is 10.5 Å². The summed E-state index contributed by atoms with van der Waals surface area (Å²) in [6, 6.07) is 14.0. The molecule has 3 heterocycles. The molecule has 0 saturated carbocycles. The summed E-state index contributed by atoms with van der Waals surface area (Å²) in [6.07, 6.45) is 1.85. The van der Waals surface area contributed by atoms with Gasteiger partial charge < -0.3 is 14.6 Å². The number of unbranched alkanes of at least 4 members (excludes halogenated alkanes) is 1. The van der Waals surface area contributed by atoms with Crippen molar-refractivity contribution >= 4 is 51.3 Å². The molecule has 0 fully saturated rings. The van der Waals surface area contributed by atoms with Crippen molar-refractivity contribution in [1.82, 2.24) is 10.2 Å². The number of hydrogen-bond donors (Lipinski definition) is 1. The first-order valence-corrected chi connectivity index (χ1v) is 15.5. The molecule has 41 heavy (non-hydrogen) atoms. The average Bonchev–Trinajstić information content (AvgIpc) is 3.73. The minimum atomic E-state index is -0.993. The van der Waals surface area contributed by atoms with Gasteiger partial charge in [0.15, 0.2) is 21.6 Å². The Morgan fingerprint density at radius 2 is 1.98 bits per heavy atom. The standard InChI is InChI=1S/C29H26FN3O5S3/c1-3-4-13-38-20-12-11-17(15-21(20)37-2)24-23(25(34)22-10-7-14-39-22)26(35)27(36)33(24)28-31-32-29(41-28)40-16-18-8-5-6-9-19(18)30/h5-12,14-15,24,35H,3-4,13,16H2,1-2H3. The molecule has 0 saturated heterocycles. The van der Waals surface area contributed by atoms with E-state index in [1.807, 2.05) is 0 Å². The Labute approximate surface area is 248 Å². The number of anilines is 1. The van der Waals surface area contributed by atoms with E-state index in [9.17, 15) is 19.1 Å². The minimum absolute atomic E-state index is 0.0603. The van der Waals surface area contributed by atoms with Gasteiger partial charge in [-0.15, -0.1) is 21.5 Å². The van der Waals surface area contributed by atoms with Crippen molar-refractivity contribution in [2.24, 2.45) is 0 Å².